The predicted molar refractivity (Wildman–Crippen MR) is 85.1 cm³/mol. The summed E-state index contributed by atoms with van der Waals surface area (Å²) >= 11 is 1.93. The van der Waals surface area contributed by atoms with Crippen molar-refractivity contribution < 1.29 is 0 Å². The summed E-state index contributed by atoms with van der Waals surface area (Å²) in [5.41, 5.74) is 1.13. The molecule has 0 amide bonds. The van der Waals surface area contributed by atoms with Gasteiger partial charge in [0.15, 0.2) is 0 Å². The second-order valence-electron chi connectivity index (χ2n) is 5.58. The van der Waals surface area contributed by atoms with E-state index in [-0.39, 0.29) is 0 Å². The van der Waals surface area contributed by atoms with E-state index in [2.05, 4.69) is 34.2 Å². The van der Waals surface area contributed by atoms with Gasteiger partial charge in [-0.2, -0.15) is 11.8 Å². The van der Waals surface area contributed by atoms with Crippen LogP contribution in [0, 0.1) is 6.92 Å². The van der Waals surface area contributed by atoms with E-state index in [1.165, 1.54) is 50.7 Å². The maximum absolute atomic E-state index is 4.65. The topological polar surface area (TPSA) is 29.9 Å². The van der Waals surface area contributed by atoms with Crippen molar-refractivity contribution in [3.63, 3.8) is 0 Å². The van der Waals surface area contributed by atoms with Gasteiger partial charge in [-0.3, -0.25) is 0 Å². The van der Waals surface area contributed by atoms with Gasteiger partial charge in [0, 0.05) is 18.8 Å². The first-order chi connectivity index (χ1) is 9.29. The number of hydrogen-bond donors (Lipinski definition) is 1. The van der Waals surface area contributed by atoms with Gasteiger partial charge in [-0.05, 0) is 44.6 Å². The smallest absolute Gasteiger partial charge is 0.203 e. The quantitative estimate of drug-likeness (QED) is 0.764. The molecule has 3 nitrogen and oxygen atoms in total. The van der Waals surface area contributed by atoms with Crippen molar-refractivity contribution in [1.82, 2.24) is 9.55 Å². The van der Waals surface area contributed by atoms with Crippen LogP contribution >= 0.6 is 11.8 Å². The third-order valence-corrected chi connectivity index (χ3v) is 4.53. The van der Waals surface area contributed by atoms with Crippen molar-refractivity contribution in [2.24, 2.45) is 0 Å². The Labute approximate surface area is 121 Å². The molecule has 19 heavy (non-hydrogen) atoms. The van der Waals surface area contributed by atoms with Crippen LogP contribution < -0.4 is 5.32 Å². The zero-order chi connectivity index (χ0) is 13.5. The van der Waals surface area contributed by atoms with Crippen LogP contribution in [0.3, 0.4) is 0 Å². The Morgan fingerprint density at radius 2 is 2.11 bits per heavy atom. The van der Waals surface area contributed by atoms with Gasteiger partial charge in [0.25, 0.3) is 0 Å². The van der Waals surface area contributed by atoms with Crippen LogP contribution in [0.5, 0.6) is 0 Å². The first-order valence-corrected chi connectivity index (χ1v) is 8.98. The number of nitrogens with one attached hydrogen (secondary N) is 1. The minimum atomic E-state index is 0.639. The van der Waals surface area contributed by atoms with Gasteiger partial charge in [0.05, 0.1) is 5.69 Å². The van der Waals surface area contributed by atoms with Crippen LogP contribution in [0.25, 0.3) is 0 Å². The number of aryl methyl sites for hydroxylation is 2. The molecule has 108 valence electrons. The summed E-state index contributed by atoms with van der Waals surface area (Å²) in [6.07, 6.45) is 13.6. The zero-order valence-electron chi connectivity index (χ0n) is 12.3. The fourth-order valence-electron chi connectivity index (χ4n) is 2.79. The van der Waals surface area contributed by atoms with Crippen molar-refractivity contribution in [1.29, 1.82) is 0 Å². The van der Waals surface area contributed by atoms with E-state index >= 15 is 0 Å². The molecule has 0 atom stereocenters. The highest BCUT2D eigenvalue weighted by Crippen LogP contribution is 2.21. The third-order valence-electron chi connectivity index (χ3n) is 3.83. The fourth-order valence-corrected chi connectivity index (χ4v) is 3.28. The Morgan fingerprint density at radius 3 is 2.84 bits per heavy atom. The van der Waals surface area contributed by atoms with E-state index in [0.29, 0.717) is 6.04 Å². The predicted octanol–water partition coefficient (Wildman–Crippen LogP) is 4.08. The van der Waals surface area contributed by atoms with Crippen molar-refractivity contribution in [3.05, 3.63) is 11.9 Å². The molecule has 1 N–H and O–H groups in total. The lowest BCUT2D eigenvalue weighted by atomic mass is 9.96. The van der Waals surface area contributed by atoms with E-state index in [0.717, 1.165) is 18.2 Å². The van der Waals surface area contributed by atoms with E-state index in [4.69, 9.17) is 0 Å². The molecular formula is C15H27N3S. The summed E-state index contributed by atoms with van der Waals surface area (Å²) in [5.74, 6) is 2.35. The summed E-state index contributed by atoms with van der Waals surface area (Å²) in [6, 6.07) is 0.639. The van der Waals surface area contributed by atoms with Gasteiger partial charge < -0.3 is 9.88 Å². The minimum absolute atomic E-state index is 0.639. The first-order valence-electron chi connectivity index (χ1n) is 7.59. The molecule has 1 saturated carbocycles. The molecule has 0 unspecified atom stereocenters. The lowest BCUT2D eigenvalue weighted by Gasteiger charge is -2.23. The van der Waals surface area contributed by atoms with E-state index in [9.17, 15) is 0 Å². The van der Waals surface area contributed by atoms with Crippen LogP contribution in [0.1, 0.15) is 50.6 Å². The number of nitrogens with zero attached hydrogens (tertiary/aromatic N) is 2. The fraction of sp³-hybridized carbons (Fsp3) is 0.800. The summed E-state index contributed by atoms with van der Waals surface area (Å²) < 4.78 is 2.31. The molecule has 4 heteroatoms. The number of aromatic nitrogens is 2. The molecule has 1 aromatic rings. The standard InChI is InChI=1S/C15H27N3S/c1-13-12-18(10-6-7-11-19-2)15(16-13)17-14-8-4-3-5-9-14/h12,14H,3-11H2,1-2H3,(H,16,17). The third kappa shape index (κ3) is 4.75. The molecule has 2 rings (SSSR count). The molecular weight excluding hydrogens is 254 g/mol. The molecule has 0 radical (unpaired) electrons. The molecule has 1 aliphatic carbocycles. The molecule has 1 fully saturated rings. The minimum Gasteiger partial charge on any atom is -0.353 e. The summed E-state index contributed by atoms with van der Waals surface area (Å²) in [7, 11) is 0. The summed E-state index contributed by atoms with van der Waals surface area (Å²) in [6.45, 7) is 3.18. The van der Waals surface area contributed by atoms with Crippen LogP contribution in [0.4, 0.5) is 5.95 Å². The van der Waals surface area contributed by atoms with Crippen molar-refractivity contribution in [2.45, 2.75) is 64.5 Å². The van der Waals surface area contributed by atoms with Crippen LogP contribution in [-0.2, 0) is 6.54 Å². The Balaban J connectivity index is 1.87. The Hall–Kier alpha value is -0.640. The molecule has 0 bridgehead atoms. The molecule has 1 aliphatic rings. The Kier molecular flexibility index (Phi) is 6.08. The number of unbranched alkanes of at least 4 members (excludes halogenated alkanes) is 1. The van der Waals surface area contributed by atoms with E-state index in [1.807, 2.05) is 11.8 Å². The van der Waals surface area contributed by atoms with Crippen molar-refractivity contribution >= 4 is 17.7 Å². The normalized spacial score (nSPS) is 16.7. The van der Waals surface area contributed by atoms with Crippen molar-refractivity contribution in [3.8, 4) is 0 Å². The van der Waals surface area contributed by atoms with Crippen LogP contribution in [0.2, 0.25) is 0 Å². The van der Waals surface area contributed by atoms with Gasteiger partial charge in [-0.1, -0.05) is 19.3 Å². The van der Waals surface area contributed by atoms with Gasteiger partial charge >= 0.3 is 0 Å². The van der Waals surface area contributed by atoms with Gasteiger partial charge in [-0.25, -0.2) is 4.98 Å². The summed E-state index contributed by atoms with van der Waals surface area (Å²) in [5, 5.41) is 3.66. The summed E-state index contributed by atoms with van der Waals surface area (Å²) in [4.78, 5) is 4.65. The zero-order valence-corrected chi connectivity index (χ0v) is 13.1. The molecule has 1 heterocycles. The monoisotopic (exact) mass is 281 g/mol. The SMILES string of the molecule is CSCCCCn1cc(C)nc1NC1CCCCC1. The Bertz CT molecular complexity index is 369. The van der Waals surface area contributed by atoms with Gasteiger partial charge in [-0.15, -0.1) is 0 Å². The largest absolute Gasteiger partial charge is 0.353 e. The highest BCUT2D eigenvalue weighted by Gasteiger charge is 2.15. The highest BCUT2D eigenvalue weighted by atomic mass is 32.2. The maximum atomic E-state index is 4.65. The van der Waals surface area contributed by atoms with Gasteiger partial charge in [0.1, 0.15) is 0 Å². The van der Waals surface area contributed by atoms with Gasteiger partial charge in [0.2, 0.25) is 5.95 Å². The number of imidazole rings is 1. The lowest BCUT2D eigenvalue weighted by Crippen LogP contribution is -2.24. The first kappa shape index (κ1) is 14.8. The van der Waals surface area contributed by atoms with Crippen molar-refractivity contribution in [2.75, 3.05) is 17.3 Å². The maximum Gasteiger partial charge on any atom is 0.203 e. The number of anilines is 1. The second kappa shape index (κ2) is 7.83. The highest BCUT2D eigenvalue weighted by molar-refractivity contribution is 7.98. The molecule has 0 spiro atoms. The number of hydrogen-bond acceptors (Lipinski definition) is 3. The average Bonchev–Trinajstić information content (AvgIpc) is 2.76. The van der Waals surface area contributed by atoms with Crippen LogP contribution in [0.15, 0.2) is 6.20 Å². The number of rotatable bonds is 7. The van der Waals surface area contributed by atoms with Crippen LogP contribution in [-0.4, -0.2) is 27.6 Å². The Morgan fingerprint density at radius 1 is 1.32 bits per heavy atom. The average molecular weight is 281 g/mol. The molecule has 0 saturated heterocycles. The van der Waals surface area contributed by atoms with E-state index in [1.54, 1.807) is 0 Å². The molecule has 0 aromatic carbocycles. The molecule has 0 aliphatic heterocycles. The number of thioether (sulfide) groups is 1. The van der Waals surface area contributed by atoms with E-state index < -0.39 is 0 Å². The molecule has 1 aromatic heterocycles. The lowest BCUT2D eigenvalue weighted by molar-refractivity contribution is 0.458. The second-order valence-corrected chi connectivity index (χ2v) is 6.56.